The number of rotatable bonds is 3. The van der Waals surface area contributed by atoms with Gasteiger partial charge < -0.3 is 10.4 Å². The predicted octanol–water partition coefficient (Wildman–Crippen LogP) is 2.25. The van der Waals surface area contributed by atoms with E-state index < -0.39 is 0 Å². The van der Waals surface area contributed by atoms with Gasteiger partial charge in [0.1, 0.15) is 5.75 Å². The van der Waals surface area contributed by atoms with Crippen LogP contribution in [-0.4, -0.2) is 20.8 Å². The number of amides is 1. The average Bonchev–Trinajstić information content (AvgIpc) is 2.72. The van der Waals surface area contributed by atoms with Crippen LogP contribution < -0.4 is 5.32 Å². The number of phenolic OH excluding ortho intramolecular Hbond substituents is 1. The van der Waals surface area contributed by atoms with Gasteiger partial charge in [-0.15, -0.1) is 0 Å². The first-order valence-electron chi connectivity index (χ1n) is 6.15. The van der Waals surface area contributed by atoms with Gasteiger partial charge in [-0.2, -0.15) is 5.10 Å². The fraction of sp³-hybridized carbons (Fsp3) is 0.286. The number of carbonyl (C=O) groups excluding carboxylic acids is 1. The van der Waals surface area contributed by atoms with Gasteiger partial charge in [-0.05, 0) is 25.5 Å². The van der Waals surface area contributed by atoms with Crippen LogP contribution in [0.1, 0.15) is 28.5 Å². The third-order valence-electron chi connectivity index (χ3n) is 3.04. The Labute approximate surface area is 111 Å². The normalized spacial score (nSPS) is 10.5. The fourth-order valence-electron chi connectivity index (χ4n) is 1.96. The Morgan fingerprint density at radius 3 is 2.89 bits per heavy atom. The summed E-state index contributed by atoms with van der Waals surface area (Å²) in [5.74, 6) is -0.120. The quantitative estimate of drug-likeness (QED) is 0.888. The van der Waals surface area contributed by atoms with E-state index >= 15 is 0 Å². The van der Waals surface area contributed by atoms with Crippen molar-refractivity contribution in [1.29, 1.82) is 0 Å². The number of aromatic nitrogens is 2. The first-order chi connectivity index (χ1) is 9.02. The first kappa shape index (κ1) is 13.1. The lowest BCUT2D eigenvalue weighted by Crippen LogP contribution is -2.14. The maximum absolute atomic E-state index is 12.2. The molecule has 0 spiro atoms. The van der Waals surface area contributed by atoms with Crippen LogP contribution in [0.15, 0.2) is 24.4 Å². The SMILES string of the molecule is CCc1nn(C)cc1NC(=O)c1cccc(O)c1C. The molecule has 5 nitrogen and oxygen atoms in total. The largest absolute Gasteiger partial charge is 0.508 e. The van der Waals surface area contributed by atoms with E-state index in [0.717, 1.165) is 12.1 Å². The summed E-state index contributed by atoms with van der Waals surface area (Å²) >= 11 is 0. The molecule has 19 heavy (non-hydrogen) atoms. The van der Waals surface area contributed by atoms with Gasteiger partial charge in [0.05, 0.1) is 11.4 Å². The van der Waals surface area contributed by atoms with E-state index in [2.05, 4.69) is 10.4 Å². The highest BCUT2D eigenvalue weighted by molar-refractivity contribution is 6.05. The van der Waals surface area contributed by atoms with Gasteiger partial charge in [-0.25, -0.2) is 0 Å². The third-order valence-corrected chi connectivity index (χ3v) is 3.04. The minimum atomic E-state index is -0.240. The van der Waals surface area contributed by atoms with Crippen molar-refractivity contribution in [3.8, 4) is 5.75 Å². The lowest BCUT2D eigenvalue weighted by Gasteiger charge is -2.08. The maximum atomic E-state index is 12.2. The van der Waals surface area contributed by atoms with Crippen molar-refractivity contribution in [2.75, 3.05) is 5.32 Å². The highest BCUT2D eigenvalue weighted by atomic mass is 16.3. The molecular weight excluding hydrogens is 242 g/mol. The Bertz CT molecular complexity index is 617. The van der Waals surface area contributed by atoms with Crippen LogP contribution in [0, 0.1) is 6.92 Å². The van der Waals surface area contributed by atoms with Crippen molar-refractivity contribution in [2.45, 2.75) is 20.3 Å². The molecule has 0 atom stereocenters. The second-order valence-electron chi connectivity index (χ2n) is 4.42. The molecule has 0 radical (unpaired) electrons. The summed E-state index contributed by atoms with van der Waals surface area (Å²) in [4.78, 5) is 12.2. The second kappa shape index (κ2) is 5.14. The van der Waals surface area contributed by atoms with Gasteiger partial charge in [-0.3, -0.25) is 9.48 Å². The Morgan fingerprint density at radius 2 is 2.21 bits per heavy atom. The van der Waals surface area contributed by atoms with Crippen LogP contribution in [0.5, 0.6) is 5.75 Å². The molecule has 0 unspecified atom stereocenters. The Morgan fingerprint density at radius 1 is 1.47 bits per heavy atom. The highest BCUT2D eigenvalue weighted by Gasteiger charge is 2.14. The van der Waals surface area contributed by atoms with E-state index in [9.17, 15) is 9.90 Å². The highest BCUT2D eigenvalue weighted by Crippen LogP contribution is 2.21. The van der Waals surface area contributed by atoms with E-state index in [1.807, 2.05) is 14.0 Å². The second-order valence-corrected chi connectivity index (χ2v) is 4.42. The van der Waals surface area contributed by atoms with Crippen LogP contribution in [-0.2, 0) is 13.5 Å². The molecule has 2 N–H and O–H groups in total. The summed E-state index contributed by atoms with van der Waals surface area (Å²) in [6.45, 7) is 3.70. The van der Waals surface area contributed by atoms with Gasteiger partial charge in [0, 0.05) is 24.4 Å². The zero-order chi connectivity index (χ0) is 14.0. The predicted molar refractivity (Wildman–Crippen MR) is 73.4 cm³/mol. The maximum Gasteiger partial charge on any atom is 0.256 e. The molecule has 0 aliphatic rings. The molecule has 2 rings (SSSR count). The number of anilines is 1. The smallest absolute Gasteiger partial charge is 0.256 e. The first-order valence-corrected chi connectivity index (χ1v) is 6.15. The van der Waals surface area contributed by atoms with Gasteiger partial charge in [-0.1, -0.05) is 13.0 Å². The number of carbonyl (C=O) groups is 1. The lowest BCUT2D eigenvalue weighted by molar-refractivity contribution is 0.102. The van der Waals surface area contributed by atoms with Crippen molar-refractivity contribution in [3.05, 3.63) is 41.2 Å². The summed E-state index contributed by atoms with van der Waals surface area (Å²) < 4.78 is 1.67. The number of phenols is 1. The Hall–Kier alpha value is -2.30. The van der Waals surface area contributed by atoms with E-state index in [4.69, 9.17) is 0 Å². The number of hydrogen-bond donors (Lipinski definition) is 2. The molecule has 1 heterocycles. The Kier molecular flexibility index (Phi) is 3.55. The van der Waals surface area contributed by atoms with Gasteiger partial charge in [0.2, 0.25) is 0 Å². The van der Waals surface area contributed by atoms with Crippen molar-refractivity contribution >= 4 is 11.6 Å². The molecule has 0 aliphatic carbocycles. The summed E-state index contributed by atoms with van der Waals surface area (Å²) in [5.41, 5.74) is 2.58. The number of nitrogens with zero attached hydrogens (tertiary/aromatic N) is 2. The molecule has 0 saturated heterocycles. The van der Waals surface area contributed by atoms with Crippen molar-refractivity contribution in [1.82, 2.24) is 9.78 Å². The molecular formula is C14H17N3O2. The van der Waals surface area contributed by atoms with E-state index in [1.165, 1.54) is 0 Å². The summed E-state index contributed by atoms with van der Waals surface area (Å²) in [6, 6.07) is 4.90. The molecule has 2 aromatic rings. The van der Waals surface area contributed by atoms with E-state index in [-0.39, 0.29) is 11.7 Å². The molecule has 100 valence electrons. The minimum absolute atomic E-state index is 0.120. The molecule has 0 saturated carbocycles. The van der Waals surface area contributed by atoms with Gasteiger partial charge >= 0.3 is 0 Å². The molecule has 1 amide bonds. The molecule has 0 fully saturated rings. The zero-order valence-corrected chi connectivity index (χ0v) is 11.3. The van der Waals surface area contributed by atoms with Crippen LogP contribution in [0.3, 0.4) is 0 Å². The number of hydrogen-bond acceptors (Lipinski definition) is 3. The molecule has 5 heteroatoms. The van der Waals surface area contributed by atoms with Crippen LogP contribution in [0.25, 0.3) is 0 Å². The molecule has 1 aromatic carbocycles. The van der Waals surface area contributed by atoms with Crippen LogP contribution in [0.4, 0.5) is 5.69 Å². The average molecular weight is 259 g/mol. The topological polar surface area (TPSA) is 67.2 Å². The van der Waals surface area contributed by atoms with Crippen molar-refractivity contribution < 1.29 is 9.90 Å². The Balaban J connectivity index is 2.28. The summed E-state index contributed by atoms with van der Waals surface area (Å²) in [7, 11) is 1.81. The number of aromatic hydroxyl groups is 1. The summed E-state index contributed by atoms with van der Waals surface area (Å²) in [6.07, 6.45) is 2.52. The summed E-state index contributed by atoms with van der Waals surface area (Å²) in [5, 5.41) is 16.7. The van der Waals surface area contributed by atoms with Gasteiger partial charge in [0.25, 0.3) is 5.91 Å². The van der Waals surface area contributed by atoms with Crippen molar-refractivity contribution in [3.63, 3.8) is 0 Å². The van der Waals surface area contributed by atoms with Crippen molar-refractivity contribution in [2.24, 2.45) is 7.05 Å². The number of benzene rings is 1. The fourth-order valence-corrected chi connectivity index (χ4v) is 1.96. The molecule has 0 aliphatic heterocycles. The molecule has 0 bridgehead atoms. The number of nitrogens with one attached hydrogen (secondary N) is 1. The van der Waals surface area contributed by atoms with E-state index in [0.29, 0.717) is 16.8 Å². The van der Waals surface area contributed by atoms with Crippen LogP contribution >= 0.6 is 0 Å². The zero-order valence-electron chi connectivity index (χ0n) is 11.3. The van der Waals surface area contributed by atoms with Crippen LogP contribution in [0.2, 0.25) is 0 Å². The lowest BCUT2D eigenvalue weighted by atomic mass is 10.1. The molecule has 1 aromatic heterocycles. The van der Waals surface area contributed by atoms with Gasteiger partial charge in [0.15, 0.2) is 0 Å². The standard InChI is InChI=1S/C14H17N3O2/c1-4-11-12(8-17(3)16-11)15-14(19)10-6-5-7-13(18)9(10)2/h5-8,18H,4H2,1-3H3,(H,15,19). The number of aryl methyl sites for hydroxylation is 2. The minimum Gasteiger partial charge on any atom is -0.508 e. The monoisotopic (exact) mass is 259 g/mol. The third kappa shape index (κ3) is 2.59. The van der Waals surface area contributed by atoms with E-state index in [1.54, 1.807) is 36.0 Å².